The molecule has 140 valence electrons. The van der Waals surface area contributed by atoms with E-state index in [4.69, 9.17) is 32.4 Å². The largest absolute Gasteiger partial charge is 0.456 e. The Morgan fingerprint density at radius 3 is 2.79 bits per heavy atom. The Kier molecular flexibility index (Phi) is 4.10. The lowest BCUT2D eigenvalue weighted by molar-refractivity contribution is 0.0304. The SMILES string of the molecule is O=C(OC1Cc2nccn2C1)c1ccc2nc(-c3cc(Cl)cc(Cl)c3)oc2c1. The third kappa shape index (κ3) is 3.15. The summed E-state index contributed by atoms with van der Waals surface area (Å²) in [6.45, 7) is 0.616. The quantitative estimate of drug-likeness (QED) is 0.452. The molecule has 0 N–H and O–H groups in total. The maximum Gasteiger partial charge on any atom is 0.338 e. The number of hydrogen-bond acceptors (Lipinski definition) is 5. The summed E-state index contributed by atoms with van der Waals surface area (Å²) in [5.41, 5.74) is 2.19. The van der Waals surface area contributed by atoms with Gasteiger partial charge in [0.15, 0.2) is 5.58 Å². The molecule has 1 aliphatic heterocycles. The van der Waals surface area contributed by atoms with Crippen molar-refractivity contribution in [3.8, 4) is 11.5 Å². The predicted octanol–water partition coefficient (Wildman–Crippen LogP) is 4.78. The number of carbonyl (C=O) groups is 1. The first-order valence-electron chi connectivity index (χ1n) is 8.63. The van der Waals surface area contributed by atoms with E-state index in [0.717, 1.165) is 5.82 Å². The third-order valence-electron chi connectivity index (χ3n) is 4.62. The zero-order chi connectivity index (χ0) is 19.3. The van der Waals surface area contributed by atoms with Crippen LogP contribution in [0, 0.1) is 0 Å². The topological polar surface area (TPSA) is 70.2 Å². The van der Waals surface area contributed by atoms with Crippen LogP contribution in [0.1, 0.15) is 16.2 Å². The van der Waals surface area contributed by atoms with Crippen molar-refractivity contribution < 1.29 is 13.9 Å². The molecule has 0 amide bonds. The van der Waals surface area contributed by atoms with Gasteiger partial charge in [0.25, 0.3) is 0 Å². The second-order valence-corrected chi connectivity index (χ2v) is 7.46. The normalized spacial score (nSPS) is 15.7. The summed E-state index contributed by atoms with van der Waals surface area (Å²) in [5, 5.41) is 0.982. The number of imidazole rings is 1. The summed E-state index contributed by atoms with van der Waals surface area (Å²) in [4.78, 5) is 21.2. The Labute approximate surface area is 169 Å². The smallest absolute Gasteiger partial charge is 0.338 e. The second kappa shape index (κ2) is 6.65. The summed E-state index contributed by atoms with van der Waals surface area (Å²) < 4.78 is 13.4. The van der Waals surface area contributed by atoms with E-state index in [9.17, 15) is 4.79 Å². The first kappa shape index (κ1) is 17.3. The lowest BCUT2D eigenvalue weighted by atomic mass is 10.2. The summed E-state index contributed by atoms with van der Waals surface area (Å²) in [6.07, 6.45) is 4.03. The van der Waals surface area contributed by atoms with Gasteiger partial charge in [0.05, 0.1) is 12.1 Å². The second-order valence-electron chi connectivity index (χ2n) is 6.59. The number of esters is 1. The fraction of sp³-hybridized carbons (Fsp3) is 0.150. The number of carbonyl (C=O) groups excluding carboxylic acids is 1. The fourth-order valence-electron chi connectivity index (χ4n) is 3.33. The van der Waals surface area contributed by atoms with Gasteiger partial charge in [-0.2, -0.15) is 0 Å². The Balaban J connectivity index is 1.39. The Morgan fingerprint density at radius 1 is 1.18 bits per heavy atom. The number of hydrogen-bond donors (Lipinski definition) is 0. The van der Waals surface area contributed by atoms with Crippen LogP contribution in [-0.2, 0) is 17.7 Å². The number of ether oxygens (including phenoxy) is 1. The van der Waals surface area contributed by atoms with Crippen LogP contribution in [-0.4, -0.2) is 26.6 Å². The maximum atomic E-state index is 12.5. The molecule has 2 aromatic carbocycles. The van der Waals surface area contributed by atoms with Gasteiger partial charge in [-0.25, -0.2) is 14.8 Å². The third-order valence-corrected chi connectivity index (χ3v) is 5.06. The molecule has 4 aromatic rings. The van der Waals surface area contributed by atoms with Crippen LogP contribution in [0.3, 0.4) is 0 Å². The number of rotatable bonds is 3. The zero-order valence-electron chi connectivity index (χ0n) is 14.4. The van der Waals surface area contributed by atoms with E-state index in [-0.39, 0.29) is 6.10 Å². The van der Waals surface area contributed by atoms with Crippen LogP contribution in [0.2, 0.25) is 10.0 Å². The molecular weight excluding hydrogens is 401 g/mol. The Bertz CT molecular complexity index is 1170. The number of oxazole rings is 1. The molecule has 1 atom stereocenters. The first-order chi connectivity index (χ1) is 13.5. The summed E-state index contributed by atoms with van der Waals surface area (Å²) in [6, 6.07) is 10.1. The van der Waals surface area contributed by atoms with Crippen molar-refractivity contribution in [2.45, 2.75) is 19.1 Å². The van der Waals surface area contributed by atoms with E-state index in [1.807, 2.05) is 10.8 Å². The van der Waals surface area contributed by atoms with Gasteiger partial charge in [-0.15, -0.1) is 0 Å². The van der Waals surface area contributed by atoms with Crippen molar-refractivity contribution in [2.75, 3.05) is 0 Å². The minimum Gasteiger partial charge on any atom is -0.456 e. The number of nitrogens with zero attached hydrogens (tertiary/aromatic N) is 3. The van der Waals surface area contributed by atoms with Gasteiger partial charge in [-0.1, -0.05) is 23.2 Å². The van der Waals surface area contributed by atoms with E-state index in [0.29, 0.717) is 51.1 Å². The van der Waals surface area contributed by atoms with E-state index >= 15 is 0 Å². The molecule has 1 aliphatic rings. The van der Waals surface area contributed by atoms with Gasteiger partial charge in [-0.05, 0) is 36.4 Å². The fourth-order valence-corrected chi connectivity index (χ4v) is 3.86. The van der Waals surface area contributed by atoms with E-state index < -0.39 is 5.97 Å². The van der Waals surface area contributed by atoms with Crippen molar-refractivity contribution in [1.29, 1.82) is 0 Å². The van der Waals surface area contributed by atoms with Gasteiger partial charge in [0.2, 0.25) is 5.89 Å². The average Bonchev–Trinajstić information content (AvgIpc) is 3.34. The lowest BCUT2D eigenvalue weighted by Gasteiger charge is -2.10. The van der Waals surface area contributed by atoms with Gasteiger partial charge in [-0.3, -0.25) is 0 Å². The van der Waals surface area contributed by atoms with Crippen molar-refractivity contribution in [3.63, 3.8) is 0 Å². The van der Waals surface area contributed by atoms with E-state index in [1.165, 1.54) is 0 Å². The highest BCUT2D eigenvalue weighted by Crippen LogP contribution is 2.30. The van der Waals surface area contributed by atoms with Crippen molar-refractivity contribution >= 4 is 40.3 Å². The molecule has 6 nitrogen and oxygen atoms in total. The molecule has 5 rings (SSSR count). The molecule has 1 unspecified atom stereocenters. The van der Waals surface area contributed by atoms with Gasteiger partial charge < -0.3 is 13.7 Å². The van der Waals surface area contributed by atoms with E-state index in [2.05, 4.69) is 9.97 Å². The highest BCUT2D eigenvalue weighted by atomic mass is 35.5. The minimum atomic E-state index is -0.401. The molecule has 0 bridgehead atoms. The summed E-state index contributed by atoms with van der Waals surface area (Å²) >= 11 is 12.1. The Morgan fingerprint density at radius 2 is 2.00 bits per heavy atom. The highest BCUT2D eigenvalue weighted by molar-refractivity contribution is 6.35. The van der Waals surface area contributed by atoms with Crippen molar-refractivity contribution in [1.82, 2.24) is 14.5 Å². The van der Waals surface area contributed by atoms with Crippen molar-refractivity contribution in [2.24, 2.45) is 0 Å². The predicted molar refractivity (Wildman–Crippen MR) is 105 cm³/mol. The average molecular weight is 414 g/mol. The van der Waals surface area contributed by atoms with Crippen LogP contribution in [0.4, 0.5) is 0 Å². The molecule has 0 saturated heterocycles. The number of benzene rings is 2. The van der Waals surface area contributed by atoms with Gasteiger partial charge in [0, 0.05) is 34.4 Å². The number of aromatic nitrogens is 3. The summed E-state index contributed by atoms with van der Waals surface area (Å²) in [7, 11) is 0. The molecule has 0 radical (unpaired) electrons. The van der Waals surface area contributed by atoms with Gasteiger partial charge >= 0.3 is 5.97 Å². The van der Waals surface area contributed by atoms with Crippen LogP contribution >= 0.6 is 23.2 Å². The zero-order valence-corrected chi connectivity index (χ0v) is 15.9. The van der Waals surface area contributed by atoms with Crippen LogP contribution in [0.5, 0.6) is 0 Å². The number of fused-ring (bicyclic) bond motifs is 2. The monoisotopic (exact) mass is 413 g/mol. The summed E-state index contributed by atoms with van der Waals surface area (Å²) in [5.74, 6) is 0.904. The standard InChI is InChI=1S/C20H13Cl2N3O3/c21-13-5-12(6-14(22)8-13)19-24-16-2-1-11(7-17(16)28-19)20(26)27-15-9-18-23-3-4-25(18)10-15/h1-8,15H,9-10H2. The molecule has 0 aliphatic carbocycles. The maximum absolute atomic E-state index is 12.5. The molecule has 2 aromatic heterocycles. The minimum absolute atomic E-state index is 0.217. The van der Waals surface area contributed by atoms with Gasteiger partial charge in [0.1, 0.15) is 17.4 Å². The molecular formula is C20H13Cl2N3O3. The first-order valence-corrected chi connectivity index (χ1v) is 9.39. The van der Waals surface area contributed by atoms with Crippen LogP contribution in [0.25, 0.3) is 22.6 Å². The molecule has 0 spiro atoms. The van der Waals surface area contributed by atoms with E-state index in [1.54, 1.807) is 42.6 Å². The molecule has 8 heteroatoms. The highest BCUT2D eigenvalue weighted by Gasteiger charge is 2.26. The lowest BCUT2D eigenvalue weighted by Crippen LogP contribution is -2.19. The van der Waals surface area contributed by atoms with Crippen molar-refractivity contribution in [3.05, 3.63) is 70.2 Å². The Hall–Kier alpha value is -2.83. The molecule has 0 saturated carbocycles. The van der Waals surface area contributed by atoms with Crippen LogP contribution < -0.4 is 0 Å². The molecule has 0 fully saturated rings. The molecule has 3 heterocycles. The number of halogens is 2. The molecule has 28 heavy (non-hydrogen) atoms. The van der Waals surface area contributed by atoms with Crippen LogP contribution in [0.15, 0.2) is 53.2 Å².